The zero-order valence-electron chi connectivity index (χ0n) is 16.9. The minimum Gasteiger partial charge on any atom is -0.377 e. The van der Waals surface area contributed by atoms with Crippen LogP contribution in [0.4, 0.5) is 0 Å². The molecule has 26 heavy (non-hydrogen) atoms. The van der Waals surface area contributed by atoms with Gasteiger partial charge in [0, 0.05) is 25.7 Å². The van der Waals surface area contributed by atoms with Gasteiger partial charge in [-0.1, -0.05) is 13.8 Å². The third kappa shape index (κ3) is 11.0. The first-order valence-electron chi connectivity index (χ1n) is 9.96. The molecule has 3 N–H and O–H groups in total. The molecule has 1 aliphatic rings. The first-order chi connectivity index (χ1) is 12.3. The summed E-state index contributed by atoms with van der Waals surface area (Å²) in [6.45, 7) is 10.6. The molecule has 1 rings (SSSR count). The highest BCUT2D eigenvalue weighted by molar-refractivity contribution is 7.89. The Balaban J connectivity index is 2.39. The van der Waals surface area contributed by atoms with Gasteiger partial charge in [-0.3, -0.25) is 4.99 Å². The smallest absolute Gasteiger partial charge is 0.213 e. The quantitative estimate of drug-likeness (QED) is 0.370. The summed E-state index contributed by atoms with van der Waals surface area (Å²) >= 11 is 0. The molecular formula is C18H38N4O3S. The van der Waals surface area contributed by atoms with Crippen LogP contribution in [-0.2, 0) is 14.8 Å². The number of ether oxygens (including phenoxy) is 1. The van der Waals surface area contributed by atoms with Crippen LogP contribution in [0.3, 0.4) is 0 Å². The van der Waals surface area contributed by atoms with E-state index in [1.807, 2.05) is 6.92 Å². The Bertz CT molecular complexity index is 503. The van der Waals surface area contributed by atoms with Crippen LogP contribution >= 0.6 is 0 Å². The molecule has 0 amide bonds. The third-order valence-electron chi connectivity index (χ3n) is 4.34. The lowest BCUT2D eigenvalue weighted by atomic mass is 10.0. The van der Waals surface area contributed by atoms with Crippen molar-refractivity contribution in [2.75, 3.05) is 32.0 Å². The second-order valence-electron chi connectivity index (χ2n) is 7.43. The molecule has 0 aromatic carbocycles. The van der Waals surface area contributed by atoms with E-state index in [9.17, 15) is 8.42 Å². The van der Waals surface area contributed by atoms with Crippen molar-refractivity contribution in [3.05, 3.63) is 0 Å². The van der Waals surface area contributed by atoms with Crippen LogP contribution in [0.15, 0.2) is 4.99 Å². The Labute approximate surface area is 159 Å². The molecule has 1 aliphatic heterocycles. The minimum atomic E-state index is -3.33. The Morgan fingerprint density at radius 2 is 2.00 bits per heavy atom. The van der Waals surface area contributed by atoms with Crippen LogP contribution in [0.1, 0.15) is 59.8 Å². The van der Waals surface area contributed by atoms with Crippen molar-refractivity contribution < 1.29 is 13.2 Å². The summed E-state index contributed by atoms with van der Waals surface area (Å²) in [5, 5.41) is 6.52. The van der Waals surface area contributed by atoms with Gasteiger partial charge in [-0.15, -0.1) is 0 Å². The van der Waals surface area contributed by atoms with E-state index in [4.69, 9.17) is 4.74 Å². The molecule has 0 bridgehead atoms. The van der Waals surface area contributed by atoms with Crippen molar-refractivity contribution in [1.82, 2.24) is 15.4 Å². The summed E-state index contributed by atoms with van der Waals surface area (Å²) in [6.07, 6.45) is 5.29. The maximum atomic E-state index is 12.1. The molecule has 0 aromatic rings. The largest absolute Gasteiger partial charge is 0.377 e. The molecule has 2 atom stereocenters. The highest BCUT2D eigenvalue weighted by atomic mass is 32.2. The molecular weight excluding hydrogens is 352 g/mol. The van der Waals surface area contributed by atoms with Gasteiger partial charge >= 0.3 is 0 Å². The predicted molar refractivity (Wildman–Crippen MR) is 108 cm³/mol. The van der Waals surface area contributed by atoms with E-state index in [-0.39, 0.29) is 18.4 Å². The topological polar surface area (TPSA) is 91.8 Å². The molecule has 7 nitrogen and oxygen atoms in total. The van der Waals surface area contributed by atoms with Gasteiger partial charge in [0.05, 0.1) is 18.4 Å². The SMILES string of the molecule is CCNC(=NCCS(=O)(=O)NCC1CCCCO1)NC(C)CCC(C)C. The van der Waals surface area contributed by atoms with Crippen LogP contribution < -0.4 is 15.4 Å². The lowest BCUT2D eigenvalue weighted by molar-refractivity contribution is 0.0200. The highest BCUT2D eigenvalue weighted by Crippen LogP contribution is 2.11. The molecule has 0 spiro atoms. The van der Waals surface area contributed by atoms with Gasteiger partial charge in [-0.2, -0.15) is 0 Å². The predicted octanol–water partition coefficient (Wildman–Crippen LogP) is 1.85. The van der Waals surface area contributed by atoms with Crippen molar-refractivity contribution >= 4 is 16.0 Å². The number of guanidine groups is 1. The minimum absolute atomic E-state index is 0.00261. The van der Waals surface area contributed by atoms with Crippen molar-refractivity contribution in [2.24, 2.45) is 10.9 Å². The second kappa shape index (κ2) is 12.5. The normalized spacial score (nSPS) is 20.2. The zero-order chi connectivity index (χ0) is 19.4. The second-order valence-corrected chi connectivity index (χ2v) is 9.36. The van der Waals surface area contributed by atoms with E-state index in [2.05, 4.69) is 41.1 Å². The summed E-state index contributed by atoms with van der Waals surface area (Å²) in [5.41, 5.74) is 0. The zero-order valence-corrected chi connectivity index (χ0v) is 17.7. The average Bonchev–Trinajstić information content (AvgIpc) is 2.59. The van der Waals surface area contributed by atoms with E-state index in [1.54, 1.807) is 0 Å². The number of sulfonamides is 1. The van der Waals surface area contributed by atoms with Crippen LogP contribution in [-0.4, -0.2) is 58.5 Å². The molecule has 0 aromatic heterocycles. The standard InChI is InChI=1S/C18H38N4O3S/c1-5-19-18(22-16(4)10-9-15(2)3)20-11-13-26(23,24)21-14-17-8-6-7-12-25-17/h15-17,21H,5-14H2,1-4H3,(H2,19,20,22). The third-order valence-corrected chi connectivity index (χ3v) is 5.67. The molecule has 154 valence electrons. The van der Waals surface area contributed by atoms with Crippen molar-refractivity contribution in [3.8, 4) is 0 Å². The molecule has 1 fully saturated rings. The molecule has 0 saturated carbocycles. The lowest BCUT2D eigenvalue weighted by Gasteiger charge is -2.22. The number of nitrogens with one attached hydrogen (secondary N) is 3. The van der Waals surface area contributed by atoms with E-state index in [1.165, 1.54) is 0 Å². The molecule has 1 heterocycles. The van der Waals surface area contributed by atoms with E-state index in [0.29, 0.717) is 24.5 Å². The molecule has 2 unspecified atom stereocenters. The fourth-order valence-electron chi connectivity index (χ4n) is 2.75. The number of hydrogen-bond acceptors (Lipinski definition) is 4. The maximum Gasteiger partial charge on any atom is 0.213 e. The molecule has 1 saturated heterocycles. The summed E-state index contributed by atoms with van der Waals surface area (Å²) < 4.78 is 32.5. The van der Waals surface area contributed by atoms with Crippen LogP contribution in [0.2, 0.25) is 0 Å². The number of aliphatic imine (C=N–C) groups is 1. The fourth-order valence-corrected chi connectivity index (χ4v) is 3.66. The van der Waals surface area contributed by atoms with Gasteiger partial charge in [-0.25, -0.2) is 13.1 Å². The molecule has 0 radical (unpaired) electrons. The van der Waals surface area contributed by atoms with Crippen molar-refractivity contribution in [2.45, 2.75) is 71.9 Å². The van der Waals surface area contributed by atoms with E-state index >= 15 is 0 Å². The highest BCUT2D eigenvalue weighted by Gasteiger charge is 2.17. The van der Waals surface area contributed by atoms with Gasteiger partial charge in [0.2, 0.25) is 10.0 Å². The van der Waals surface area contributed by atoms with Gasteiger partial charge in [0.25, 0.3) is 0 Å². The summed E-state index contributed by atoms with van der Waals surface area (Å²) in [6, 6.07) is 0.299. The number of rotatable bonds is 11. The monoisotopic (exact) mass is 390 g/mol. The summed E-state index contributed by atoms with van der Waals surface area (Å²) in [7, 11) is -3.33. The summed E-state index contributed by atoms with van der Waals surface area (Å²) in [5.74, 6) is 1.33. The lowest BCUT2D eigenvalue weighted by Crippen LogP contribution is -2.43. The fraction of sp³-hybridized carbons (Fsp3) is 0.944. The number of hydrogen-bond donors (Lipinski definition) is 3. The maximum absolute atomic E-state index is 12.1. The first kappa shape index (κ1) is 23.2. The van der Waals surface area contributed by atoms with Crippen LogP contribution in [0.25, 0.3) is 0 Å². The first-order valence-corrected chi connectivity index (χ1v) is 11.6. The van der Waals surface area contributed by atoms with Crippen LogP contribution in [0, 0.1) is 5.92 Å². The van der Waals surface area contributed by atoms with Crippen LogP contribution in [0.5, 0.6) is 0 Å². The number of nitrogens with zero attached hydrogens (tertiary/aromatic N) is 1. The van der Waals surface area contributed by atoms with Gasteiger partial charge in [0.1, 0.15) is 0 Å². The Hall–Kier alpha value is -0.860. The van der Waals surface area contributed by atoms with Gasteiger partial charge < -0.3 is 15.4 Å². The Kier molecular flexibility index (Phi) is 11.2. The molecule has 8 heteroatoms. The van der Waals surface area contributed by atoms with Crippen molar-refractivity contribution in [3.63, 3.8) is 0 Å². The Morgan fingerprint density at radius 1 is 1.23 bits per heavy atom. The van der Waals surface area contributed by atoms with Gasteiger partial charge in [0.15, 0.2) is 5.96 Å². The summed E-state index contributed by atoms with van der Waals surface area (Å²) in [4.78, 5) is 4.40. The van der Waals surface area contributed by atoms with E-state index < -0.39 is 10.0 Å². The van der Waals surface area contributed by atoms with Crippen molar-refractivity contribution in [1.29, 1.82) is 0 Å². The van der Waals surface area contributed by atoms with Gasteiger partial charge in [-0.05, 0) is 51.9 Å². The average molecular weight is 391 g/mol. The molecule has 0 aliphatic carbocycles. The Morgan fingerprint density at radius 3 is 2.62 bits per heavy atom. The van der Waals surface area contributed by atoms with E-state index in [0.717, 1.165) is 45.3 Å².